The number of carbonyl (C=O) groups excluding carboxylic acids is 3. The molecule has 3 rings (SSSR count). The van der Waals surface area contributed by atoms with Crippen molar-refractivity contribution in [3.8, 4) is 0 Å². The van der Waals surface area contributed by atoms with E-state index in [1.54, 1.807) is 6.08 Å². The van der Waals surface area contributed by atoms with Gasteiger partial charge in [-0.25, -0.2) is 0 Å². The summed E-state index contributed by atoms with van der Waals surface area (Å²) in [6.45, 7) is 7.81. The average Bonchev–Trinajstić information content (AvgIpc) is 2.88. The smallest absolute Gasteiger partial charge is 0.294 e. The van der Waals surface area contributed by atoms with Gasteiger partial charge in [0.1, 0.15) is 6.54 Å². The Morgan fingerprint density at radius 3 is 2.28 bits per heavy atom. The molecule has 2 aromatic rings. The number of carbonyl (C=O) groups is 3. The molecule has 0 bridgehead atoms. The van der Waals surface area contributed by atoms with Crippen molar-refractivity contribution in [2.75, 3.05) is 11.9 Å². The number of benzene rings is 2. The van der Waals surface area contributed by atoms with Crippen molar-refractivity contribution < 1.29 is 14.4 Å². The molecule has 29 heavy (non-hydrogen) atoms. The molecule has 0 saturated carbocycles. The second-order valence-corrected chi connectivity index (χ2v) is 8.51. The summed E-state index contributed by atoms with van der Waals surface area (Å²) in [4.78, 5) is 38.6. The van der Waals surface area contributed by atoms with Gasteiger partial charge in [0.15, 0.2) is 0 Å². The number of anilines is 1. The SMILES string of the molecule is Cc1cc(C)cc(NC(=O)CN2C(=O)S/C(=C/c3ccc(C(C)C)cc3)C2=O)c1. The number of amides is 3. The van der Waals surface area contributed by atoms with Gasteiger partial charge in [0.25, 0.3) is 11.1 Å². The third-order valence-electron chi connectivity index (χ3n) is 4.58. The minimum Gasteiger partial charge on any atom is -0.325 e. The number of imide groups is 1. The van der Waals surface area contributed by atoms with Crippen LogP contribution in [0.5, 0.6) is 0 Å². The van der Waals surface area contributed by atoms with Crippen molar-refractivity contribution in [1.82, 2.24) is 4.90 Å². The van der Waals surface area contributed by atoms with Crippen LogP contribution in [0.2, 0.25) is 0 Å². The molecule has 0 spiro atoms. The van der Waals surface area contributed by atoms with E-state index in [0.29, 0.717) is 16.5 Å². The van der Waals surface area contributed by atoms with Crippen LogP contribution in [-0.2, 0) is 9.59 Å². The zero-order chi connectivity index (χ0) is 21.1. The highest BCUT2D eigenvalue weighted by Gasteiger charge is 2.36. The molecular formula is C23H24N2O3S. The van der Waals surface area contributed by atoms with Crippen LogP contribution in [-0.4, -0.2) is 28.5 Å². The van der Waals surface area contributed by atoms with Crippen LogP contribution in [0.3, 0.4) is 0 Å². The Labute approximate surface area is 175 Å². The van der Waals surface area contributed by atoms with E-state index in [4.69, 9.17) is 0 Å². The largest absolute Gasteiger partial charge is 0.325 e. The van der Waals surface area contributed by atoms with Gasteiger partial charge in [0.2, 0.25) is 5.91 Å². The minimum atomic E-state index is -0.441. The fourth-order valence-corrected chi connectivity index (χ4v) is 3.99. The van der Waals surface area contributed by atoms with Crippen LogP contribution in [0, 0.1) is 13.8 Å². The predicted octanol–water partition coefficient (Wildman–Crippen LogP) is 5.10. The lowest BCUT2D eigenvalue weighted by molar-refractivity contribution is -0.127. The standard InChI is InChI=1S/C23H24N2O3S/c1-14(2)18-7-5-17(6-8-18)12-20-22(27)25(23(28)29-20)13-21(26)24-19-10-15(3)9-16(4)11-19/h5-12,14H,13H2,1-4H3,(H,24,26)/b20-12+. The Kier molecular flexibility index (Phi) is 6.23. The fourth-order valence-electron chi connectivity index (χ4n) is 3.16. The summed E-state index contributed by atoms with van der Waals surface area (Å²) >= 11 is 0.859. The first-order chi connectivity index (χ1) is 13.7. The normalized spacial score (nSPS) is 15.5. The minimum absolute atomic E-state index is 0.304. The van der Waals surface area contributed by atoms with E-state index in [1.165, 1.54) is 5.56 Å². The summed E-state index contributed by atoms with van der Waals surface area (Å²) in [6.07, 6.45) is 1.69. The van der Waals surface area contributed by atoms with Crippen molar-refractivity contribution >= 4 is 40.6 Å². The Morgan fingerprint density at radius 1 is 1.07 bits per heavy atom. The Balaban J connectivity index is 1.69. The van der Waals surface area contributed by atoms with Gasteiger partial charge < -0.3 is 5.32 Å². The molecule has 1 aliphatic rings. The van der Waals surface area contributed by atoms with Gasteiger partial charge in [0.05, 0.1) is 4.91 Å². The van der Waals surface area contributed by atoms with E-state index >= 15 is 0 Å². The molecule has 6 heteroatoms. The molecule has 5 nitrogen and oxygen atoms in total. The number of nitrogens with one attached hydrogen (secondary N) is 1. The predicted molar refractivity (Wildman–Crippen MR) is 118 cm³/mol. The second-order valence-electron chi connectivity index (χ2n) is 7.51. The number of hydrogen-bond donors (Lipinski definition) is 1. The maximum atomic E-state index is 12.6. The highest BCUT2D eigenvalue weighted by molar-refractivity contribution is 8.18. The van der Waals surface area contributed by atoms with Gasteiger partial charge in [-0.3, -0.25) is 19.3 Å². The molecule has 0 radical (unpaired) electrons. The monoisotopic (exact) mass is 408 g/mol. The summed E-state index contributed by atoms with van der Waals surface area (Å²) in [5.74, 6) is -0.421. The van der Waals surface area contributed by atoms with E-state index in [1.807, 2.05) is 56.3 Å². The van der Waals surface area contributed by atoms with Gasteiger partial charge in [-0.1, -0.05) is 44.2 Å². The lowest BCUT2D eigenvalue weighted by Crippen LogP contribution is -2.36. The number of rotatable bonds is 5. The van der Waals surface area contributed by atoms with E-state index < -0.39 is 17.1 Å². The topological polar surface area (TPSA) is 66.5 Å². The molecule has 0 unspecified atom stereocenters. The van der Waals surface area contributed by atoms with E-state index in [2.05, 4.69) is 19.2 Å². The van der Waals surface area contributed by atoms with Crippen molar-refractivity contribution in [3.63, 3.8) is 0 Å². The number of aryl methyl sites for hydroxylation is 2. The maximum absolute atomic E-state index is 12.6. The second kappa shape index (κ2) is 8.66. The van der Waals surface area contributed by atoms with Crippen molar-refractivity contribution in [2.45, 2.75) is 33.6 Å². The van der Waals surface area contributed by atoms with Gasteiger partial charge in [-0.2, -0.15) is 0 Å². The highest BCUT2D eigenvalue weighted by atomic mass is 32.2. The van der Waals surface area contributed by atoms with Crippen molar-refractivity contribution in [1.29, 1.82) is 0 Å². The molecule has 0 aliphatic carbocycles. The van der Waals surface area contributed by atoms with E-state index in [-0.39, 0.29) is 6.54 Å². The van der Waals surface area contributed by atoms with Crippen LogP contribution in [0.15, 0.2) is 47.4 Å². The summed E-state index contributed by atoms with van der Waals surface area (Å²) in [5.41, 5.74) is 4.76. The lowest BCUT2D eigenvalue weighted by Gasteiger charge is -2.13. The molecule has 1 saturated heterocycles. The maximum Gasteiger partial charge on any atom is 0.294 e. The summed E-state index contributed by atoms with van der Waals surface area (Å²) < 4.78 is 0. The molecular weight excluding hydrogens is 384 g/mol. The van der Waals surface area contributed by atoms with Gasteiger partial charge in [-0.05, 0) is 72.0 Å². The molecule has 0 aromatic heterocycles. The molecule has 150 valence electrons. The Hall–Kier alpha value is -2.86. The van der Waals surface area contributed by atoms with Gasteiger partial charge in [-0.15, -0.1) is 0 Å². The molecule has 1 heterocycles. The molecule has 0 atom stereocenters. The quantitative estimate of drug-likeness (QED) is 0.699. The molecule has 1 aliphatic heterocycles. The van der Waals surface area contributed by atoms with Crippen LogP contribution in [0.4, 0.5) is 10.5 Å². The number of hydrogen-bond acceptors (Lipinski definition) is 4. The third-order valence-corrected chi connectivity index (χ3v) is 5.49. The lowest BCUT2D eigenvalue weighted by atomic mass is 10.0. The van der Waals surface area contributed by atoms with Crippen LogP contribution in [0.25, 0.3) is 6.08 Å². The summed E-state index contributed by atoms with van der Waals surface area (Å²) in [5, 5.41) is 2.32. The van der Waals surface area contributed by atoms with E-state index in [9.17, 15) is 14.4 Å². The summed E-state index contributed by atoms with van der Waals surface area (Å²) in [6, 6.07) is 13.6. The Bertz CT molecular complexity index is 973. The van der Waals surface area contributed by atoms with Crippen LogP contribution in [0.1, 0.15) is 42.0 Å². The number of nitrogens with zero attached hydrogens (tertiary/aromatic N) is 1. The molecule has 1 N–H and O–H groups in total. The Morgan fingerprint density at radius 2 is 1.69 bits per heavy atom. The van der Waals surface area contributed by atoms with Crippen LogP contribution >= 0.6 is 11.8 Å². The molecule has 1 fully saturated rings. The average molecular weight is 409 g/mol. The van der Waals surface area contributed by atoms with Gasteiger partial charge >= 0.3 is 0 Å². The summed E-state index contributed by atoms with van der Waals surface area (Å²) in [7, 11) is 0. The number of thioether (sulfide) groups is 1. The van der Waals surface area contributed by atoms with Crippen LogP contribution < -0.4 is 5.32 Å². The molecule has 3 amide bonds. The van der Waals surface area contributed by atoms with E-state index in [0.717, 1.165) is 33.4 Å². The zero-order valence-electron chi connectivity index (χ0n) is 17.0. The first-order valence-corrected chi connectivity index (χ1v) is 10.3. The van der Waals surface area contributed by atoms with Crippen molar-refractivity contribution in [2.24, 2.45) is 0 Å². The van der Waals surface area contributed by atoms with Crippen molar-refractivity contribution in [3.05, 3.63) is 69.6 Å². The first-order valence-electron chi connectivity index (χ1n) is 9.46. The highest BCUT2D eigenvalue weighted by Crippen LogP contribution is 2.32. The molecule has 2 aromatic carbocycles. The first kappa shape index (κ1) is 20.9. The zero-order valence-corrected chi connectivity index (χ0v) is 17.8. The fraction of sp³-hybridized carbons (Fsp3) is 0.261. The third kappa shape index (κ3) is 5.15. The van der Waals surface area contributed by atoms with Gasteiger partial charge in [0, 0.05) is 5.69 Å².